The van der Waals surface area contributed by atoms with Crippen molar-refractivity contribution >= 4 is 34.4 Å². The fourth-order valence-electron chi connectivity index (χ4n) is 4.19. The number of imide groups is 1. The summed E-state index contributed by atoms with van der Waals surface area (Å²) in [5.74, 6) is 0.191. The Balaban J connectivity index is 1.14. The molecule has 5 rings (SSSR count). The van der Waals surface area contributed by atoms with Crippen LogP contribution >= 0.6 is 0 Å². The van der Waals surface area contributed by atoms with Crippen molar-refractivity contribution in [2.75, 3.05) is 25.1 Å². The van der Waals surface area contributed by atoms with E-state index in [0.717, 1.165) is 21.4 Å². The second-order valence-corrected chi connectivity index (χ2v) is 8.19. The van der Waals surface area contributed by atoms with Crippen molar-refractivity contribution in [1.82, 2.24) is 15.2 Å². The number of aromatic amines is 1. The minimum absolute atomic E-state index is 0.0562. The van der Waals surface area contributed by atoms with Gasteiger partial charge in [0.15, 0.2) is 11.5 Å². The van der Waals surface area contributed by atoms with Gasteiger partial charge in [0, 0.05) is 41.8 Å². The Bertz CT molecular complexity index is 1270. The van der Waals surface area contributed by atoms with Crippen molar-refractivity contribution < 1.29 is 28.2 Å². The number of aromatic nitrogens is 1. The third-order valence-electron chi connectivity index (χ3n) is 5.93. The smallest absolute Gasteiger partial charge is 0.324 e. The second-order valence-electron chi connectivity index (χ2n) is 8.19. The number of hydrogen-bond donors (Lipinski definition) is 3. The van der Waals surface area contributed by atoms with Crippen molar-refractivity contribution in [2.24, 2.45) is 0 Å². The molecule has 0 aliphatic carbocycles. The molecular weight excluding hydrogens is 443 g/mol. The first kappa shape index (κ1) is 21.7. The predicted molar refractivity (Wildman–Crippen MR) is 121 cm³/mol. The maximum absolute atomic E-state index is 13.6. The fraction of sp³-hybridized carbons (Fsp3) is 0.292. The number of halogens is 1. The zero-order chi connectivity index (χ0) is 23.7. The van der Waals surface area contributed by atoms with Gasteiger partial charge in [0.1, 0.15) is 25.1 Å². The highest BCUT2D eigenvalue weighted by Crippen LogP contribution is 2.32. The lowest BCUT2D eigenvalue weighted by molar-refractivity contribution is -0.127. The summed E-state index contributed by atoms with van der Waals surface area (Å²) in [6.07, 6.45) is 2.37. The minimum Gasteiger partial charge on any atom is -0.486 e. The number of hydrogen-bond acceptors (Lipinski definition) is 5. The molecule has 2 aliphatic rings. The molecule has 1 fully saturated rings. The van der Waals surface area contributed by atoms with Gasteiger partial charge in [0.25, 0.3) is 5.91 Å². The molecule has 9 nitrogen and oxygen atoms in total. The van der Waals surface area contributed by atoms with E-state index in [0.29, 0.717) is 36.8 Å². The Hall–Kier alpha value is -4.08. The first-order valence-corrected chi connectivity index (χ1v) is 11.0. The van der Waals surface area contributed by atoms with Crippen molar-refractivity contribution in [1.29, 1.82) is 0 Å². The first-order chi connectivity index (χ1) is 16.5. The van der Waals surface area contributed by atoms with E-state index in [4.69, 9.17) is 9.47 Å². The highest BCUT2D eigenvalue weighted by Gasteiger charge is 2.37. The van der Waals surface area contributed by atoms with Crippen LogP contribution in [0.2, 0.25) is 0 Å². The third-order valence-corrected chi connectivity index (χ3v) is 5.93. The molecule has 1 aromatic heterocycles. The molecule has 10 heteroatoms. The number of rotatable bonds is 7. The maximum atomic E-state index is 13.6. The number of carbonyl (C=O) groups excluding carboxylic acids is 3. The fourth-order valence-corrected chi connectivity index (χ4v) is 4.19. The Labute approximate surface area is 194 Å². The van der Waals surface area contributed by atoms with Crippen molar-refractivity contribution in [3.8, 4) is 11.5 Å². The number of fused-ring (bicyclic) bond motifs is 2. The lowest BCUT2D eigenvalue weighted by Gasteiger charge is -2.19. The third kappa shape index (κ3) is 4.39. The van der Waals surface area contributed by atoms with Gasteiger partial charge in [-0.1, -0.05) is 0 Å². The van der Waals surface area contributed by atoms with Gasteiger partial charge in [0.05, 0.1) is 0 Å². The monoisotopic (exact) mass is 466 g/mol. The van der Waals surface area contributed by atoms with Gasteiger partial charge in [-0.05, 0) is 48.7 Å². The van der Waals surface area contributed by atoms with Gasteiger partial charge in [0.2, 0.25) is 5.91 Å². The van der Waals surface area contributed by atoms with Crippen LogP contribution in [0.5, 0.6) is 11.5 Å². The van der Waals surface area contributed by atoms with Crippen LogP contribution in [0.1, 0.15) is 18.4 Å². The number of amides is 4. The van der Waals surface area contributed by atoms with Crippen molar-refractivity contribution in [3.05, 3.63) is 54.0 Å². The first-order valence-electron chi connectivity index (χ1n) is 11.0. The number of benzene rings is 2. The van der Waals surface area contributed by atoms with E-state index in [1.807, 2.05) is 0 Å². The van der Waals surface area contributed by atoms with E-state index >= 15 is 0 Å². The summed E-state index contributed by atoms with van der Waals surface area (Å²) >= 11 is 0. The van der Waals surface area contributed by atoms with Crippen LogP contribution in [-0.2, 0) is 16.0 Å². The summed E-state index contributed by atoms with van der Waals surface area (Å²) in [6, 6.07) is 8.32. The van der Waals surface area contributed by atoms with Crippen LogP contribution in [0.15, 0.2) is 42.6 Å². The Kier molecular flexibility index (Phi) is 5.79. The van der Waals surface area contributed by atoms with Crippen LogP contribution in [0, 0.1) is 5.82 Å². The Morgan fingerprint density at radius 3 is 2.79 bits per heavy atom. The molecule has 3 heterocycles. The predicted octanol–water partition coefficient (Wildman–Crippen LogP) is 2.96. The highest BCUT2D eigenvalue weighted by atomic mass is 19.1. The number of nitrogens with zero attached hydrogens (tertiary/aromatic N) is 1. The van der Waals surface area contributed by atoms with Crippen LogP contribution < -0.4 is 20.1 Å². The largest absolute Gasteiger partial charge is 0.486 e. The van der Waals surface area contributed by atoms with E-state index in [2.05, 4.69) is 15.6 Å². The zero-order valence-corrected chi connectivity index (χ0v) is 18.2. The average Bonchev–Trinajstić information content (AvgIpc) is 3.35. The molecule has 0 saturated carbocycles. The maximum Gasteiger partial charge on any atom is 0.324 e. The molecule has 0 radical (unpaired) electrons. The molecule has 0 bridgehead atoms. The molecule has 2 aliphatic heterocycles. The average molecular weight is 466 g/mol. The number of carbonyl (C=O) groups is 3. The molecule has 4 amide bonds. The molecule has 3 aromatic rings. The van der Waals surface area contributed by atoms with Gasteiger partial charge < -0.3 is 25.1 Å². The van der Waals surface area contributed by atoms with Gasteiger partial charge >= 0.3 is 6.03 Å². The lowest BCUT2D eigenvalue weighted by atomic mass is 10.1. The molecule has 0 unspecified atom stereocenters. The van der Waals surface area contributed by atoms with Crippen molar-refractivity contribution in [2.45, 2.75) is 25.3 Å². The van der Waals surface area contributed by atoms with Gasteiger partial charge in [-0.25, -0.2) is 9.18 Å². The topological polar surface area (TPSA) is 113 Å². The standard InChI is InChI=1S/C24H23FN4O5/c25-15-1-3-18-17(11-15)14(13-26-18)7-8-29-23(31)19(28-24(29)32)4-6-22(30)27-16-2-5-20-21(12-16)34-10-9-33-20/h1-3,5,11-13,19,26H,4,6-10H2,(H,27,30)(H,28,32)/t19-/m1/s1. The molecule has 34 heavy (non-hydrogen) atoms. The summed E-state index contributed by atoms with van der Waals surface area (Å²) in [4.78, 5) is 41.7. The number of urea groups is 1. The normalized spacial score (nSPS) is 17.2. The summed E-state index contributed by atoms with van der Waals surface area (Å²) < 4.78 is 24.6. The van der Waals surface area contributed by atoms with Gasteiger partial charge in [-0.15, -0.1) is 0 Å². The molecule has 176 valence electrons. The Morgan fingerprint density at radius 1 is 1.12 bits per heavy atom. The molecule has 1 atom stereocenters. The summed E-state index contributed by atoms with van der Waals surface area (Å²) in [7, 11) is 0. The van der Waals surface area contributed by atoms with Crippen molar-refractivity contribution in [3.63, 3.8) is 0 Å². The molecule has 3 N–H and O–H groups in total. The van der Waals surface area contributed by atoms with Crippen LogP contribution in [0.4, 0.5) is 14.9 Å². The number of nitrogens with one attached hydrogen (secondary N) is 3. The summed E-state index contributed by atoms with van der Waals surface area (Å²) in [6.45, 7) is 1.09. The van der Waals surface area contributed by atoms with Crippen LogP contribution in [0.3, 0.4) is 0 Å². The number of H-pyrrole nitrogens is 1. The minimum atomic E-state index is -0.765. The van der Waals surface area contributed by atoms with E-state index < -0.39 is 12.1 Å². The van der Waals surface area contributed by atoms with Crippen LogP contribution in [0.25, 0.3) is 10.9 Å². The molecular formula is C24H23FN4O5. The molecule has 0 spiro atoms. The van der Waals surface area contributed by atoms with E-state index in [1.165, 1.54) is 12.1 Å². The SMILES string of the molecule is O=C(CC[C@H]1NC(=O)N(CCc2c[nH]c3ccc(F)cc23)C1=O)Nc1ccc2c(c1)OCCO2. The van der Waals surface area contributed by atoms with Gasteiger partial charge in [-0.2, -0.15) is 0 Å². The van der Waals surface area contributed by atoms with E-state index in [-0.39, 0.29) is 37.0 Å². The quantitative estimate of drug-likeness (QED) is 0.464. The second kappa shape index (κ2) is 9.05. The van der Waals surface area contributed by atoms with E-state index in [9.17, 15) is 18.8 Å². The summed E-state index contributed by atoms with van der Waals surface area (Å²) in [5.41, 5.74) is 2.17. The van der Waals surface area contributed by atoms with Crippen LogP contribution in [-0.4, -0.2) is 53.5 Å². The van der Waals surface area contributed by atoms with Gasteiger partial charge in [-0.3, -0.25) is 14.5 Å². The summed E-state index contributed by atoms with van der Waals surface area (Å²) in [5, 5.41) is 6.14. The zero-order valence-electron chi connectivity index (χ0n) is 18.2. The molecule has 1 saturated heterocycles. The Morgan fingerprint density at radius 2 is 1.94 bits per heavy atom. The molecule has 2 aromatic carbocycles. The van der Waals surface area contributed by atoms with E-state index in [1.54, 1.807) is 30.5 Å². The number of ether oxygens (including phenoxy) is 2. The lowest BCUT2D eigenvalue weighted by Crippen LogP contribution is -2.33. The number of anilines is 1. The highest BCUT2D eigenvalue weighted by molar-refractivity contribution is 6.04.